The summed E-state index contributed by atoms with van der Waals surface area (Å²) >= 11 is 0. The van der Waals surface area contributed by atoms with Crippen molar-refractivity contribution < 1.29 is 18.7 Å². The number of rotatable bonds is 7. The van der Waals surface area contributed by atoms with E-state index >= 15 is 0 Å². The molecule has 0 bridgehead atoms. The first-order chi connectivity index (χ1) is 12.8. The van der Waals surface area contributed by atoms with Gasteiger partial charge in [0.15, 0.2) is 0 Å². The van der Waals surface area contributed by atoms with Crippen molar-refractivity contribution in [1.82, 2.24) is 20.9 Å². The van der Waals surface area contributed by atoms with Gasteiger partial charge in [-0.2, -0.15) is 0 Å². The van der Waals surface area contributed by atoms with Crippen LogP contribution in [-0.4, -0.2) is 68.3 Å². The van der Waals surface area contributed by atoms with Crippen molar-refractivity contribution in [3.05, 3.63) is 35.1 Å². The van der Waals surface area contributed by atoms with Gasteiger partial charge in [0.2, 0.25) is 0 Å². The molecule has 2 rings (SSSR count). The molecule has 1 aromatic carbocycles. The van der Waals surface area contributed by atoms with E-state index in [-0.39, 0.29) is 42.8 Å². The van der Waals surface area contributed by atoms with Crippen LogP contribution in [0.25, 0.3) is 0 Å². The number of amides is 3. The van der Waals surface area contributed by atoms with Crippen LogP contribution >= 0.6 is 0 Å². The van der Waals surface area contributed by atoms with Crippen LogP contribution in [0.3, 0.4) is 0 Å². The van der Waals surface area contributed by atoms with Crippen molar-refractivity contribution in [3.8, 4) is 0 Å². The summed E-state index contributed by atoms with van der Waals surface area (Å²) in [6.07, 6.45) is 0.404. The standard InChI is InChI=1S/C19H29FN4O3/c1-13-4-5-16(10-17(13)20)18(25)21-6-7-22-19(26)23-8-9-24-11-14(2)27-15(3)12-24/h4-5,10,14-15H,6-9,11-12H2,1-3H3,(H,21,25)(H2,22,23,26). The summed E-state index contributed by atoms with van der Waals surface area (Å²) in [5, 5.41) is 8.13. The normalized spacial score (nSPS) is 20.1. The van der Waals surface area contributed by atoms with E-state index in [4.69, 9.17) is 4.74 Å². The van der Waals surface area contributed by atoms with Crippen LogP contribution in [0.5, 0.6) is 0 Å². The number of hydrogen-bond acceptors (Lipinski definition) is 4. The minimum Gasteiger partial charge on any atom is -0.373 e. The van der Waals surface area contributed by atoms with Gasteiger partial charge in [0.25, 0.3) is 5.91 Å². The van der Waals surface area contributed by atoms with Crippen LogP contribution in [0.2, 0.25) is 0 Å². The highest BCUT2D eigenvalue weighted by atomic mass is 19.1. The van der Waals surface area contributed by atoms with Crippen molar-refractivity contribution in [1.29, 1.82) is 0 Å². The molecule has 3 amide bonds. The Bertz CT molecular complexity index is 646. The Morgan fingerprint density at radius 1 is 1.11 bits per heavy atom. The molecule has 8 heteroatoms. The van der Waals surface area contributed by atoms with Gasteiger partial charge in [-0.05, 0) is 38.5 Å². The molecule has 2 unspecified atom stereocenters. The molecule has 1 fully saturated rings. The molecule has 0 aromatic heterocycles. The van der Waals surface area contributed by atoms with Crippen LogP contribution in [-0.2, 0) is 4.74 Å². The van der Waals surface area contributed by atoms with Crippen LogP contribution in [0, 0.1) is 12.7 Å². The Labute approximate surface area is 159 Å². The number of nitrogens with zero attached hydrogens (tertiary/aromatic N) is 1. The van der Waals surface area contributed by atoms with E-state index in [0.29, 0.717) is 12.1 Å². The van der Waals surface area contributed by atoms with Gasteiger partial charge in [-0.25, -0.2) is 9.18 Å². The summed E-state index contributed by atoms with van der Waals surface area (Å²) < 4.78 is 19.1. The van der Waals surface area contributed by atoms with Crippen LogP contribution in [0.1, 0.15) is 29.8 Å². The summed E-state index contributed by atoms with van der Waals surface area (Å²) in [7, 11) is 0. The molecule has 1 aliphatic heterocycles. The van der Waals surface area contributed by atoms with Gasteiger partial charge in [-0.3, -0.25) is 9.69 Å². The van der Waals surface area contributed by atoms with E-state index in [2.05, 4.69) is 20.9 Å². The van der Waals surface area contributed by atoms with E-state index < -0.39 is 5.82 Å². The Hall–Kier alpha value is -2.19. The third-order valence-corrected chi connectivity index (χ3v) is 4.34. The molecule has 2 atom stereocenters. The Morgan fingerprint density at radius 3 is 2.41 bits per heavy atom. The highest BCUT2D eigenvalue weighted by Gasteiger charge is 2.21. The van der Waals surface area contributed by atoms with Crippen LogP contribution in [0.4, 0.5) is 9.18 Å². The van der Waals surface area contributed by atoms with E-state index in [1.807, 2.05) is 13.8 Å². The van der Waals surface area contributed by atoms with Crippen LogP contribution < -0.4 is 16.0 Å². The minimum atomic E-state index is -0.413. The first-order valence-corrected chi connectivity index (χ1v) is 9.29. The number of benzene rings is 1. The molecule has 0 radical (unpaired) electrons. The number of ether oxygens (including phenoxy) is 1. The summed E-state index contributed by atoms with van der Waals surface area (Å²) in [4.78, 5) is 26.0. The fourth-order valence-corrected chi connectivity index (χ4v) is 3.05. The molecule has 0 aliphatic carbocycles. The zero-order chi connectivity index (χ0) is 19.8. The largest absolute Gasteiger partial charge is 0.373 e. The third kappa shape index (κ3) is 7.15. The lowest BCUT2D eigenvalue weighted by molar-refractivity contribution is -0.0672. The smallest absolute Gasteiger partial charge is 0.314 e. The molecule has 1 heterocycles. The molecular formula is C19H29FN4O3. The molecule has 3 N–H and O–H groups in total. The van der Waals surface area contributed by atoms with Crippen LogP contribution in [0.15, 0.2) is 18.2 Å². The van der Waals surface area contributed by atoms with Gasteiger partial charge in [0.1, 0.15) is 5.82 Å². The van der Waals surface area contributed by atoms with E-state index in [9.17, 15) is 14.0 Å². The average Bonchev–Trinajstić information content (AvgIpc) is 2.60. The minimum absolute atomic E-state index is 0.202. The number of morpholine rings is 1. The molecule has 0 saturated carbocycles. The van der Waals surface area contributed by atoms with E-state index in [1.165, 1.54) is 6.07 Å². The molecule has 1 aliphatic rings. The predicted octanol–water partition coefficient (Wildman–Crippen LogP) is 1.27. The topological polar surface area (TPSA) is 82.7 Å². The molecular weight excluding hydrogens is 351 g/mol. The number of urea groups is 1. The Balaban J connectivity index is 1.58. The number of aryl methyl sites for hydroxylation is 1. The predicted molar refractivity (Wildman–Crippen MR) is 101 cm³/mol. The lowest BCUT2D eigenvalue weighted by Crippen LogP contribution is -2.49. The first kappa shape index (κ1) is 21.1. The molecule has 7 nitrogen and oxygen atoms in total. The maximum Gasteiger partial charge on any atom is 0.314 e. The summed E-state index contributed by atoms with van der Waals surface area (Å²) in [6, 6.07) is 4.06. The van der Waals surface area contributed by atoms with Gasteiger partial charge in [0, 0.05) is 44.8 Å². The third-order valence-electron chi connectivity index (χ3n) is 4.34. The second-order valence-corrected chi connectivity index (χ2v) is 6.92. The molecule has 1 saturated heterocycles. The monoisotopic (exact) mass is 380 g/mol. The number of nitrogens with one attached hydrogen (secondary N) is 3. The van der Waals surface area contributed by atoms with Crippen molar-refractivity contribution in [2.24, 2.45) is 0 Å². The zero-order valence-corrected chi connectivity index (χ0v) is 16.2. The number of carbonyl (C=O) groups is 2. The summed E-state index contributed by atoms with van der Waals surface area (Å²) in [6.45, 7) is 9.31. The second-order valence-electron chi connectivity index (χ2n) is 6.92. The number of hydrogen-bond donors (Lipinski definition) is 3. The molecule has 1 aromatic rings. The fraction of sp³-hybridized carbons (Fsp3) is 0.579. The van der Waals surface area contributed by atoms with Gasteiger partial charge >= 0.3 is 6.03 Å². The quantitative estimate of drug-likeness (QED) is 0.622. The van der Waals surface area contributed by atoms with Gasteiger partial charge in [-0.15, -0.1) is 0 Å². The maximum atomic E-state index is 13.5. The first-order valence-electron chi connectivity index (χ1n) is 9.29. The lowest BCUT2D eigenvalue weighted by atomic mass is 10.1. The van der Waals surface area contributed by atoms with E-state index in [0.717, 1.165) is 19.6 Å². The van der Waals surface area contributed by atoms with Gasteiger partial charge in [-0.1, -0.05) is 6.07 Å². The fourth-order valence-electron chi connectivity index (χ4n) is 3.05. The van der Waals surface area contributed by atoms with E-state index in [1.54, 1.807) is 19.1 Å². The van der Waals surface area contributed by atoms with Crippen molar-refractivity contribution >= 4 is 11.9 Å². The zero-order valence-electron chi connectivity index (χ0n) is 16.2. The van der Waals surface area contributed by atoms with Crippen molar-refractivity contribution in [2.75, 3.05) is 39.3 Å². The second kappa shape index (κ2) is 10.2. The summed E-state index contributed by atoms with van der Waals surface area (Å²) in [5.74, 6) is -0.782. The average molecular weight is 380 g/mol. The lowest BCUT2D eigenvalue weighted by Gasteiger charge is -2.35. The summed E-state index contributed by atoms with van der Waals surface area (Å²) in [5.41, 5.74) is 0.752. The van der Waals surface area contributed by atoms with Gasteiger partial charge in [0.05, 0.1) is 12.2 Å². The highest BCUT2D eigenvalue weighted by Crippen LogP contribution is 2.10. The SMILES string of the molecule is Cc1ccc(C(=O)NCCNC(=O)NCCN2CC(C)OC(C)C2)cc1F. The molecule has 150 valence electrons. The Kier molecular flexibility index (Phi) is 7.99. The molecule has 0 spiro atoms. The van der Waals surface area contributed by atoms with Crippen molar-refractivity contribution in [2.45, 2.75) is 33.0 Å². The van der Waals surface area contributed by atoms with Gasteiger partial charge < -0.3 is 20.7 Å². The highest BCUT2D eigenvalue weighted by molar-refractivity contribution is 5.94. The molecule has 27 heavy (non-hydrogen) atoms. The van der Waals surface area contributed by atoms with Crippen molar-refractivity contribution in [3.63, 3.8) is 0 Å². The number of halogens is 1. The Morgan fingerprint density at radius 2 is 1.74 bits per heavy atom. The number of carbonyl (C=O) groups excluding carboxylic acids is 2. The maximum absolute atomic E-state index is 13.5.